The third-order valence-corrected chi connectivity index (χ3v) is 5.62. The van der Waals surface area contributed by atoms with Gasteiger partial charge in [-0.15, -0.1) is 0 Å². The molecule has 2 rings (SSSR count). The van der Waals surface area contributed by atoms with Crippen LogP contribution >= 0.6 is 15.9 Å². The molecule has 0 aliphatic carbocycles. The Hall–Kier alpha value is -1.71. The summed E-state index contributed by atoms with van der Waals surface area (Å²) in [6.45, 7) is 0. The van der Waals surface area contributed by atoms with Gasteiger partial charge in [-0.3, -0.25) is 0 Å². The van der Waals surface area contributed by atoms with Crippen molar-refractivity contribution in [3.05, 3.63) is 58.6 Å². The molecule has 0 radical (unpaired) electrons. The molecule has 0 aliphatic rings. The van der Waals surface area contributed by atoms with Crippen LogP contribution in [0.25, 0.3) is 0 Å². The van der Waals surface area contributed by atoms with Gasteiger partial charge in [0.15, 0.2) is 19.7 Å². The molecule has 0 saturated carbocycles. The highest BCUT2D eigenvalue weighted by Gasteiger charge is 2.11. The van der Waals surface area contributed by atoms with E-state index in [0.717, 1.165) is 10.7 Å². The number of hydrogen-bond acceptors (Lipinski definition) is 6. The van der Waals surface area contributed by atoms with E-state index in [1.165, 1.54) is 37.6 Å². The van der Waals surface area contributed by atoms with Crippen LogP contribution in [0.4, 0.5) is 0 Å². The quantitative estimate of drug-likeness (QED) is 0.669. The van der Waals surface area contributed by atoms with Gasteiger partial charge in [0.2, 0.25) is 0 Å². The van der Waals surface area contributed by atoms with Gasteiger partial charge in [-0.25, -0.2) is 21.6 Å². The van der Waals surface area contributed by atoms with E-state index < -0.39 is 25.6 Å². The van der Waals surface area contributed by atoms with E-state index in [1.807, 2.05) is 0 Å². The van der Waals surface area contributed by atoms with Crippen molar-refractivity contribution in [2.75, 3.05) is 19.6 Å². The first-order valence-corrected chi connectivity index (χ1v) is 11.4. The second-order valence-corrected chi connectivity index (χ2v) is 9.97. The van der Waals surface area contributed by atoms with Crippen molar-refractivity contribution in [2.24, 2.45) is 0 Å². The summed E-state index contributed by atoms with van der Waals surface area (Å²) in [5.41, 5.74) is 0.232. The average molecular weight is 449 g/mol. The summed E-state index contributed by atoms with van der Waals surface area (Å²) in [7, 11) is -5.08. The molecular weight excluding hydrogens is 432 g/mol. The minimum atomic E-state index is -3.27. The van der Waals surface area contributed by atoms with E-state index in [0.29, 0.717) is 4.90 Å². The molecule has 0 bridgehead atoms. The summed E-state index contributed by atoms with van der Waals surface area (Å²) in [6.07, 6.45) is 2.28. The molecule has 0 N–H and O–H groups in total. The van der Waals surface area contributed by atoms with E-state index >= 15 is 0 Å². The summed E-state index contributed by atoms with van der Waals surface area (Å²) < 4.78 is 49.5. The molecule has 0 saturated heterocycles. The molecule has 6 nitrogen and oxygen atoms in total. The van der Waals surface area contributed by atoms with Crippen molar-refractivity contribution in [3.8, 4) is 0 Å². The first-order valence-electron chi connectivity index (χ1n) is 6.79. The van der Waals surface area contributed by atoms with Crippen LogP contribution in [0.1, 0.15) is 10.4 Å². The summed E-state index contributed by atoms with van der Waals surface area (Å²) in [6, 6.07) is 12.4. The average Bonchev–Trinajstić information content (AvgIpc) is 2.53. The number of halogens is 1. The van der Waals surface area contributed by atoms with E-state index in [-0.39, 0.29) is 10.5 Å². The van der Waals surface area contributed by atoms with Gasteiger partial charge in [0.05, 0.1) is 22.5 Å². The Morgan fingerprint density at radius 3 is 1.76 bits per heavy atom. The lowest BCUT2D eigenvalue weighted by atomic mass is 10.2. The lowest BCUT2D eigenvalue weighted by Gasteiger charge is -2.01. The minimum Gasteiger partial charge on any atom is -0.465 e. The molecule has 25 heavy (non-hydrogen) atoms. The largest absolute Gasteiger partial charge is 0.465 e. The molecule has 0 aromatic heterocycles. The number of hydrogen-bond donors (Lipinski definition) is 0. The van der Waals surface area contributed by atoms with Gasteiger partial charge in [-0.2, -0.15) is 0 Å². The highest BCUT2D eigenvalue weighted by Crippen LogP contribution is 2.15. The van der Waals surface area contributed by atoms with Crippen molar-refractivity contribution in [1.29, 1.82) is 0 Å². The molecule has 2 aromatic carbocycles. The molecule has 0 heterocycles. The van der Waals surface area contributed by atoms with Gasteiger partial charge in [-0.1, -0.05) is 28.1 Å². The van der Waals surface area contributed by atoms with Crippen LogP contribution in [0.5, 0.6) is 0 Å². The molecule has 2 aromatic rings. The Labute approximate surface area is 155 Å². The van der Waals surface area contributed by atoms with Crippen LogP contribution < -0.4 is 0 Å². The Morgan fingerprint density at radius 2 is 1.36 bits per heavy atom. The zero-order valence-electron chi connectivity index (χ0n) is 13.8. The highest BCUT2D eigenvalue weighted by molar-refractivity contribution is 9.10. The molecule has 0 aliphatic heterocycles. The molecule has 0 amide bonds. The Bertz CT molecular complexity index is 966. The summed E-state index contributed by atoms with van der Waals surface area (Å²) in [5.74, 6) is -0.546. The maximum atomic E-state index is 11.1. The molecule has 0 unspecified atom stereocenters. The lowest BCUT2D eigenvalue weighted by molar-refractivity contribution is 0.0600. The number of carbonyl (C=O) groups is 1. The number of esters is 1. The second-order valence-electron chi connectivity index (χ2n) is 5.02. The van der Waals surface area contributed by atoms with Crippen LogP contribution in [-0.4, -0.2) is 42.4 Å². The third kappa shape index (κ3) is 6.97. The number of ether oxygens (including phenoxy) is 1. The van der Waals surface area contributed by atoms with Crippen LogP contribution in [0, 0.1) is 0 Å². The molecular formula is C16H17BrO6S2. The zero-order valence-corrected chi connectivity index (χ0v) is 17.0. The standard InChI is InChI=1S/C9H10O4S.C7H7BrO2S/c1-13-9(10)7-4-3-5-8(6-7)14(2,11)12;1-11(9,10)7-4-2-3-6(8)5-7/h3-6H,1-2H3;2-5H,1H3. The van der Waals surface area contributed by atoms with Crippen molar-refractivity contribution < 1.29 is 26.4 Å². The summed E-state index contributed by atoms with van der Waals surface area (Å²) in [4.78, 5) is 11.5. The predicted molar refractivity (Wildman–Crippen MR) is 98.1 cm³/mol. The number of sulfone groups is 2. The second kappa shape index (κ2) is 8.59. The number of rotatable bonds is 3. The number of carbonyl (C=O) groups excluding carboxylic acids is 1. The van der Waals surface area contributed by atoms with Crippen molar-refractivity contribution in [3.63, 3.8) is 0 Å². The van der Waals surface area contributed by atoms with Gasteiger partial charge < -0.3 is 4.74 Å². The monoisotopic (exact) mass is 448 g/mol. The SMILES string of the molecule is COC(=O)c1cccc(S(C)(=O)=O)c1.CS(=O)(=O)c1cccc(Br)c1. The van der Waals surface area contributed by atoms with Crippen LogP contribution in [0.2, 0.25) is 0 Å². The van der Waals surface area contributed by atoms with Crippen LogP contribution in [-0.2, 0) is 24.4 Å². The fourth-order valence-electron chi connectivity index (χ4n) is 1.67. The molecule has 0 atom stereocenters. The summed E-state index contributed by atoms with van der Waals surface area (Å²) >= 11 is 3.19. The Kier molecular flexibility index (Phi) is 7.33. The van der Waals surface area contributed by atoms with E-state index in [4.69, 9.17) is 0 Å². The first-order chi connectivity index (χ1) is 11.4. The minimum absolute atomic E-state index is 0.111. The van der Waals surface area contributed by atoms with E-state index in [2.05, 4.69) is 20.7 Å². The lowest BCUT2D eigenvalue weighted by Crippen LogP contribution is -2.04. The van der Waals surface area contributed by atoms with Gasteiger partial charge in [0, 0.05) is 17.0 Å². The summed E-state index contributed by atoms with van der Waals surface area (Å²) in [5, 5.41) is 0. The molecule has 136 valence electrons. The van der Waals surface area contributed by atoms with Gasteiger partial charge >= 0.3 is 5.97 Å². The smallest absolute Gasteiger partial charge is 0.337 e. The van der Waals surface area contributed by atoms with Crippen molar-refractivity contribution >= 4 is 41.6 Å². The maximum absolute atomic E-state index is 11.1. The van der Waals surface area contributed by atoms with Crippen molar-refractivity contribution in [2.45, 2.75) is 9.79 Å². The normalized spacial score (nSPS) is 11.2. The fraction of sp³-hybridized carbons (Fsp3) is 0.188. The Balaban J connectivity index is 0.000000257. The zero-order chi connectivity index (χ0) is 19.3. The topological polar surface area (TPSA) is 94.6 Å². The number of benzene rings is 2. The highest BCUT2D eigenvalue weighted by atomic mass is 79.9. The predicted octanol–water partition coefficient (Wildman–Crippen LogP) is 2.73. The third-order valence-electron chi connectivity index (χ3n) is 2.91. The fourth-order valence-corrected chi connectivity index (χ4v) is 3.55. The maximum Gasteiger partial charge on any atom is 0.337 e. The first kappa shape index (κ1) is 21.3. The van der Waals surface area contributed by atoms with E-state index in [9.17, 15) is 21.6 Å². The van der Waals surface area contributed by atoms with Crippen molar-refractivity contribution in [1.82, 2.24) is 0 Å². The number of methoxy groups -OCH3 is 1. The van der Waals surface area contributed by atoms with Gasteiger partial charge in [-0.05, 0) is 36.4 Å². The van der Waals surface area contributed by atoms with Gasteiger partial charge in [0.25, 0.3) is 0 Å². The molecule has 0 spiro atoms. The van der Waals surface area contributed by atoms with Gasteiger partial charge in [0.1, 0.15) is 0 Å². The Morgan fingerprint density at radius 1 is 0.880 bits per heavy atom. The molecule has 0 fully saturated rings. The van der Waals surface area contributed by atoms with Crippen LogP contribution in [0.3, 0.4) is 0 Å². The molecule has 9 heteroatoms. The van der Waals surface area contributed by atoms with Crippen LogP contribution in [0.15, 0.2) is 62.8 Å². The van der Waals surface area contributed by atoms with E-state index in [1.54, 1.807) is 24.3 Å².